The molecule has 1 aromatic rings. The van der Waals surface area contributed by atoms with Gasteiger partial charge in [-0.05, 0) is 38.1 Å². The molecule has 1 saturated heterocycles. The highest BCUT2D eigenvalue weighted by Crippen LogP contribution is 2.17. The minimum atomic E-state index is 0.0775. The summed E-state index contributed by atoms with van der Waals surface area (Å²) in [6.07, 6.45) is 0.131. The third-order valence-electron chi connectivity index (χ3n) is 2.74. The summed E-state index contributed by atoms with van der Waals surface area (Å²) in [7, 11) is 0. The predicted octanol–water partition coefficient (Wildman–Crippen LogP) is 2.59. The largest absolute Gasteiger partial charge is 0.491 e. The Kier molecular flexibility index (Phi) is 4.07. The summed E-state index contributed by atoms with van der Waals surface area (Å²) in [5.41, 5.74) is 0.0775. The zero-order chi connectivity index (χ0) is 12.3. The maximum atomic E-state index is 5.74. The molecule has 0 aromatic heterocycles. The fourth-order valence-electron chi connectivity index (χ4n) is 1.65. The second-order valence-electron chi connectivity index (χ2n) is 4.96. The third-order valence-corrected chi connectivity index (χ3v) is 3.27. The molecule has 0 bridgehead atoms. The van der Waals surface area contributed by atoms with Crippen LogP contribution in [0.15, 0.2) is 28.7 Å². The molecule has 0 aliphatic carbocycles. The number of benzene rings is 1. The molecule has 1 N–H and O–H groups in total. The number of hydrogen-bond acceptors (Lipinski definition) is 3. The average molecular weight is 300 g/mol. The van der Waals surface area contributed by atoms with Crippen LogP contribution in [-0.2, 0) is 4.74 Å². The minimum Gasteiger partial charge on any atom is -0.491 e. The van der Waals surface area contributed by atoms with Crippen LogP contribution >= 0.6 is 15.9 Å². The lowest BCUT2D eigenvalue weighted by Crippen LogP contribution is -2.54. The molecule has 0 amide bonds. The van der Waals surface area contributed by atoms with Crippen molar-refractivity contribution in [3.8, 4) is 5.75 Å². The lowest BCUT2D eigenvalue weighted by atomic mass is 10.1. The second kappa shape index (κ2) is 5.38. The summed E-state index contributed by atoms with van der Waals surface area (Å²) < 4.78 is 12.5. The van der Waals surface area contributed by atoms with Crippen LogP contribution in [-0.4, -0.2) is 31.4 Å². The summed E-state index contributed by atoms with van der Waals surface area (Å²) in [5, 5.41) is 3.44. The van der Waals surface area contributed by atoms with E-state index in [4.69, 9.17) is 9.47 Å². The Morgan fingerprint density at radius 1 is 1.41 bits per heavy atom. The molecule has 1 atom stereocenters. The van der Waals surface area contributed by atoms with Crippen molar-refractivity contribution in [1.29, 1.82) is 0 Å². The van der Waals surface area contributed by atoms with Crippen LogP contribution in [0.25, 0.3) is 0 Å². The molecule has 0 radical (unpaired) electrons. The average Bonchev–Trinajstić information content (AvgIpc) is 2.30. The summed E-state index contributed by atoms with van der Waals surface area (Å²) in [6, 6.07) is 7.84. The Morgan fingerprint density at radius 3 is 2.71 bits per heavy atom. The van der Waals surface area contributed by atoms with E-state index in [2.05, 4.69) is 35.1 Å². The lowest BCUT2D eigenvalue weighted by Gasteiger charge is -2.35. The molecule has 0 saturated carbocycles. The molecule has 1 aliphatic rings. The van der Waals surface area contributed by atoms with E-state index < -0.39 is 0 Å². The molecular formula is C13H18BrNO2. The van der Waals surface area contributed by atoms with Gasteiger partial charge in [0.05, 0.1) is 6.61 Å². The monoisotopic (exact) mass is 299 g/mol. The van der Waals surface area contributed by atoms with Crippen molar-refractivity contribution < 1.29 is 9.47 Å². The highest BCUT2D eigenvalue weighted by molar-refractivity contribution is 9.10. The van der Waals surface area contributed by atoms with E-state index in [0.29, 0.717) is 6.61 Å². The van der Waals surface area contributed by atoms with E-state index in [9.17, 15) is 0 Å². The lowest BCUT2D eigenvalue weighted by molar-refractivity contribution is -0.0412. The fraction of sp³-hybridized carbons (Fsp3) is 0.538. The van der Waals surface area contributed by atoms with E-state index in [1.807, 2.05) is 24.3 Å². The SMILES string of the molecule is CC1(C)COC(COc2ccc(Br)cc2)CN1. The van der Waals surface area contributed by atoms with Gasteiger partial charge in [0.2, 0.25) is 0 Å². The Morgan fingerprint density at radius 2 is 2.12 bits per heavy atom. The zero-order valence-corrected chi connectivity index (χ0v) is 11.8. The quantitative estimate of drug-likeness (QED) is 0.931. The van der Waals surface area contributed by atoms with Crippen molar-refractivity contribution in [2.24, 2.45) is 0 Å². The molecule has 1 fully saturated rings. The molecule has 94 valence electrons. The van der Waals surface area contributed by atoms with Crippen molar-refractivity contribution in [3.05, 3.63) is 28.7 Å². The highest BCUT2D eigenvalue weighted by atomic mass is 79.9. The van der Waals surface area contributed by atoms with Crippen molar-refractivity contribution in [2.75, 3.05) is 19.8 Å². The van der Waals surface area contributed by atoms with Crippen LogP contribution < -0.4 is 10.1 Å². The second-order valence-corrected chi connectivity index (χ2v) is 5.88. The normalized spacial score (nSPS) is 23.4. The van der Waals surface area contributed by atoms with Gasteiger partial charge in [0, 0.05) is 16.6 Å². The molecule has 1 heterocycles. The molecular weight excluding hydrogens is 282 g/mol. The predicted molar refractivity (Wildman–Crippen MR) is 71.5 cm³/mol. The first kappa shape index (κ1) is 12.9. The summed E-state index contributed by atoms with van der Waals surface area (Å²) in [6.45, 7) is 6.42. The van der Waals surface area contributed by atoms with E-state index in [1.54, 1.807) is 0 Å². The van der Waals surface area contributed by atoms with E-state index in [-0.39, 0.29) is 11.6 Å². The van der Waals surface area contributed by atoms with Gasteiger partial charge in [-0.25, -0.2) is 0 Å². The maximum Gasteiger partial charge on any atom is 0.119 e. The van der Waals surface area contributed by atoms with Crippen LogP contribution in [0.1, 0.15) is 13.8 Å². The minimum absolute atomic E-state index is 0.0775. The van der Waals surface area contributed by atoms with Crippen LogP contribution in [0, 0.1) is 0 Å². The molecule has 1 aromatic carbocycles. The smallest absolute Gasteiger partial charge is 0.119 e. The van der Waals surface area contributed by atoms with Crippen molar-refractivity contribution in [3.63, 3.8) is 0 Å². The topological polar surface area (TPSA) is 30.5 Å². The first-order chi connectivity index (χ1) is 8.05. The number of nitrogens with one attached hydrogen (secondary N) is 1. The van der Waals surface area contributed by atoms with Crippen molar-refractivity contribution in [1.82, 2.24) is 5.32 Å². The van der Waals surface area contributed by atoms with E-state index in [1.165, 1.54) is 0 Å². The molecule has 1 unspecified atom stereocenters. The Labute approximate surface area is 111 Å². The number of ether oxygens (including phenoxy) is 2. The van der Waals surface area contributed by atoms with Gasteiger partial charge in [-0.1, -0.05) is 15.9 Å². The summed E-state index contributed by atoms with van der Waals surface area (Å²) >= 11 is 3.40. The van der Waals surface area contributed by atoms with E-state index >= 15 is 0 Å². The van der Waals surface area contributed by atoms with Gasteiger partial charge in [-0.2, -0.15) is 0 Å². The van der Waals surface area contributed by atoms with Crippen molar-refractivity contribution >= 4 is 15.9 Å². The van der Waals surface area contributed by atoms with Gasteiger partial charge >= 0.3 is 0 Å². The molecule has 2 rings (SSSR count). The Bertz CT molecular complexity index is 354. The highest BCUT2D eigenvalue weighted by Gasteiger charge is 2.26. The Hall–Kier alpha value is -0.580. The number of morpholine rings is 1. The van der Waals surface area contributed by atoms with Gasteiger partial charge < -0.3 is 14.8 Å². The van der Waals surface area contributed by atoms with Crippen LogP contribution in [0.5, 0.6) is 5.75 Å². The van der Waals surface area contributed by atoms with Crippen LogP contribution in [0.2, 0.25) is 0 Å². The van der Waals surface area contributed by atoms with E-state index in [0.717, 1.165) is 23.4 Å². The molecule has 17 heavy (non-hydrogen) atoms. The molecule has 3 nitrogen and oxygen atoms in total. The fourth-order valence-corrected chi connectivity index (χ4v) is 1.92. The number of halogens is 1. The van der Waals surface area contributed by atoms with Gasteiger partial charge in [0.25, 0.3) is 0 Å². The number of rotatable bonds is 3. The van der Waals surface area contributed by atoms with Gasteiger partial charge in [-0.3, -0.25) is 0 Å². The first-order valence-electron chi connectivity index (χ1n) is 5.80. The summed E-state index contributed by atoms with van der Waals surface area (Å²) in [4.78, 5) is 0. The molecule has 4 heteroatoms. The summed E-state index contributed by atoms with van der Waals surface area (Å²) in [5.74, 6) is 0.877. The third kappa shape index (κ3) is 3.98. The number of hydrogen-bond donors (Lipinski definition) is 1. The maximum absolute atomic E-state index is 5.74. The van der Waals surface area contributed by atoms with Crippen LogP contribution in [0.3, 0.4) is 0 Å². The Balaban J connectivity index is 1.78. The zero-order valence-electron chi connectivity index (χ0n) is 10.2. The van der Waals surface area contributed by atoms with Gasteiger partial charge in [0.1, 0.15) is 18.5 Å². The van der Waals surface area contributed by atoms with Gasteiger partial charge in [0.15, 0.2) is 0 Å². The van der Waals surface area contributed by atoms with Crippen molar-refractivity contribution in [2.45, 2.75) is 25.5 Å². The molecule has 0 spiro atoms. The van der Waals surface area contributed by atoms with Gasteiger partial charge in [-0.15, -0.1) is 0 Å². The van der Waals surface area contributed by atoms with Crippen LogP contribution in [0.4, 0.5) is 0 Å². The standard InChI is InChI=1S/C13H18BrNO2/c1-13(2)9-17-12(7-15-13)8-16-11-5-3-10(14)4-6-11/h3-6,12,15H,7-9H2,1-2H3. The molecule has 1 aliphatic heterocycles. The first-order valence-corrected chi connectivity index (χ1v) is 6.59.